The summed E-state index contributed by atoms with van der Waals surface area (Å²) in [5.74, 6) is 0.636. The number of carboxylic acids is 1. The number of hydrogen-bond acceptors (Lipinski definition) is 6. The minimum atomic E-state index is -1.72. The Bertz CT molecular complexity index is 297. The average Bonchev–Trinajstić information content (AvgIpc) is 2.24. The Hall–Kier alpha value is -1.17. The summed E-state index contributed by atoms with van der Waals surface area (Å²) in [6, 6.07) is 0. The van der Waals surface area contributed by atoms with Crippen LogP contribution in [0, 0.1) is 12.3 Å². The maximum absolute atomic E-state index is 10.7. The van der Waals surface area contributed by atoms with Crippen molar-refractivity contribution in [3.05, 3.63) is 0 Å². The maximum atomic E-state index is 10.7. The normalized spacial score (nSPS) is 39.0. The third-order valence-corrected chi connectivity index (χ3v) is 2.14. The van der Waals surface area contributed by atoms with E-state index in [0.29, 0.717) is 0 Å². The van der Waals surface area contributed by atoms with Gasteiger partial charge >= 0.3 is 5.97 Å². The number of rotatable bonds is 3. The van der Waals surface area contributed by atoms with Crippen molar-refractivity contribution in [1.82, 2.24) is 0 Å². The van der Waals surface area contributed by atoms with E-state index in [4.69, 9.17) is 21.0 Å². The Morgan fingerprint density at radius 1 is 1.31 bits per heavy atom. The lowest BCUT2D eigenvalue weighted by Gasteiger charge is -2.38. The summed E-state index contributed by atoms with van der Waals surface area (Å²) < 4.78 is 9.57. The van der Waals surface area contributed by atoms with Gasteiger partial charge in [-0.3, -0.25) is 0 Å². The predicted octanol–water partition coefficient (Wildman–Crippen LogP) is -2.47. The summed E-state index contributed by atoms with van der Waals surface area (Å²) in [6.07, 6.45) is -3.09. The molecule has 0 saturated carbocycles. The Kier molecular flexibility index (Phi) is 4.23. The van der Waals surface area contributed by atoms with E-state index in [2.05, 4.69) is 5.92 Å². The van der Waals surface area contributed by atoms with E-state index in [-0.39, 0.29) is 6.61 Å². The van der Waals surface area contributed by atoms with Crippen LogP contribution in [0.1, 0.15) is 0 Å². The van der Waals surface area contributed by atoms with Crippen LogP contribution in [0.15, 0.2) is 0 Å². The third kappa shape index (κ3) is 2.49. The Morgan fingerprint density at radius 3 is 2.44 bits per heavy atom. The second kappa shape index (κ2) is 5.25. The molecule has 1 rings (SSSR count). The lowest BCUT2D eigenvalue weighted by Crippen LogP contribution is -2.60. The van der Waals surface area contributed by atoms with Crippen LogP contribution in [-0.4, -0.2) is 63.7 Å². The Labute approximate surface area is 91.2 Å². The van der Waals surface area contributed by atoms with Gasteiger partial charge in [0.15, 0.2) is 12.4 Å². The zero-order valence-corrected chi connectivity index (χ0v) is 8.18. The third-order valence-electron chi connectivity index (χ3n) is 2.14. The molecule has 0 bridgehead atoms. The van der Waals surface area contributed by atoms with Gasteiger partial charge in [-0.15, -0.1) is 6.42 Å². The van der Waals surface area contributed by atoms with Crippen molar-refractivity contribution in [1.29, 1.82) is 0 Å². The standard InChI is InChI=1S/C9H12O7/c1-2-3-15-9-6(12)4(10)5(11)7(16-9)8(13)14/h1,4-7,9-12H,3H2,(H,13,14)/t4-,5-,6+,7-,9?/m0/s1. The summed E-state index contributed by atoms with van der Waals surface area (Å²) in [4.78, 5) is 10.7. The van der Waals surface area contributed by atoms with Crippen LogP contribution in [0.2, 0.25) is 0 Å². The first-order chi connectivity index (χ1) is 7.49. The number of terminal acetylenes is 1. The molecule has 0 amide bonds. The van der Waals surface area contributed by atoms with Crippen molar-refractivity contribution in [2.45, 2.75) is 30.7 Å². The van der Waals surface area contributed by atoms with Gasteiger partial charge in [0.1, 0.15) is 24.9 Å². The molecule has 0 aliphatic carbocycles. The van der Waals surface area contributed by atoms with E-state index in [9.17, 15) is 20.1 Å². The highest BCUT2D eigenvalue weighted by atomic mass is 16.7. The zero-order valence-electron chi connectivity index (χ0n) is 8.18. The Morgan fingerprint density at radius 2 is 1.94 bits per heavy atom. The Balaban J connectivity index is 2.73. The first-order valence-corrected chi connectivity index (χ1v) is 4.46. The van der Waals surface area contributed by atoms with Crippen molar-refractivity contribution >= 4 is 5.97 Å². The summed E-state index contributed by atoms with van der Waals surface area (Å²) in [5, 5.41) is 36.8. The number of hydrogen-bond donors (Lipinski definition) is 4. The summed E-state index contributed by atoms with van der Waals surface area (Å²) in [7, 11) is 0. The molecule has 4 N–H and O–H groups in total. The van der Waals surface area contributed by atoms with Crippen molar-refractivity contribution in [3.63, 3.8) is 0 Å². The molecule has 1 aliphatic rings. The van der Waals surface area contributed by atoms with Crippen molar-refractivity contribution in [3.8, 4) is 12.3 Å². The second-order valence-electron chi connectivity index (χ2n) is 3.25. The van der Waals surface area contributed by atoms with Gasteiger partial charge < -0.3 is 29.9 Å². The SMILES string of the molecule is C#CCOC1O[C@H](C(=O)O)[C@@H](O)[C@H](O)[C@H]1O. The maximum Gasteiger partial charge on any atom is 0.335 e. The van der Waals surface area contributed by atoms with Gasteiger partial charge in [0.2, 0.25) is 0 Å². The van der Waals surface area contributed by atoms with Gasteiger partial charge in [-0.1, -0.05) is 5.92 Å². The molecule has 0 radical (unpaired) electrons. The first kappa shape index (κ1) is 12.9. The molecule has 0 aromatic heterocycles. The van der Waals surface area contributed by atoms with Crippen molar-refractivity contribution < 1.29 is 34.7 Å². The highest BCUT2D eigenvalue weighted by Crippen LogP contribution is 2.22. The molecule has 16 heavy (non-hydrogen) atoms. The minimum Gasteiger partial charge on any atom is -0.479 e. The fraction of sp³-hybridized carbons (Fsp3) is 0.667. The summed E-state index contributed by atoms with van der Waals surface area (Å²) in [6.45, 7) is -0.211. The highest BCUT2D eigenvalue weighted by molar-refractivity contribution is 5.73. The van der Waals surface area contributed by atoms with E-state index in [1.165, 1.54) is 0 Å². The molecule has 90 valence electrons. The van der Waals surface area contributed by atoms with Crippen molar-refractivity contribution in [2.75, 3.05) is 6.61 Å². The molecule has 1 saturated heterocycles. The van der Waals surface area contributed by atoms with Crippen LogP contribution in [0.3, 0.4) is 0 Å². The number of aliphatic carboxylic acids is 1. The van der Waals surface area contributed by atoms with Crippen LogP contribution in [0.5, 0.6) is 0 Å². The van der Waals surface area contributed by atoms with E-state index >= 15 is 0 Å². The zero-order chi connectivity index (χ0) is 12.3. The smallest absolute Gasteiger partial charge is 0.335 e. The van der Waals surface area contributed by atoms with E-state index in [1.54, 1.807) is 0 Å². The lowest BCUT2D eigenvalue weighted by molar-refractivity contribution is -0.291. The fourth-order valence-corrected chi connectivity index (χ4v) is 1.32. The molecule has 7 nitrogen and oxygen atoms in total. The summed E-state index contributed by atoms with van der Waals surface area (Å²) >= 11 is 0. The monoisotopic (exact) mass is 232 g/mol. The molecule has 7 heteroatoms. The van der Waals surface area contributed by atoms with E-state index in [0.717, 1.165) is 0 Å². The van der Waals surface area contributed by atoms with Crippen LogP contribution in [0.25, 0.3) is 0 Å². The summed E-state index contributed by atoms with van der Waals surface area (Å²) in [5.41, 5.74) is 0. The van der Waals surface area contributed by atoms with Gasteiger partial charge in [0.05, 0.1) is 0 Å². The van der Waals surface area contributed by atoms with Crippen LogP contribution in [-0.2, 0) is 14.3 Å². The van der Waals surface area contributed by atoms with Gasteiger partial charge in [-0.25, -0.2) is 4.79 Å². The first-order valence-electron chi connectivity index (χ1n) is 4.46. The molecule has 0 aromatic rings. The highest BCUT2D eigenvalue weighted by Gasteiger charge is 2.47. The molecule has 1 fully saturated rings. The molecule has 1 heterocycles. The van der Waals surface area contributed by atoms with Gasteiger partial charge in [0, 0.05) is 0 Å². The predicted molar refractivity (Wildman–Crippen MR) is 49.1 cm³/mol. The molecule has 0 spiro atoms. The quantitative estimate of drug-likeness (QED) is 0.398. The van der Waals surface area contributed by atoms with E-state index in [1.807, 2.05) is 0 Å². The molecule has 0 aromatic carbocycles. The largest absolute Gasteiger partial charge is 0.479 e. The lowest BCUT2D eigenvalue weighted by atomic mass is 9.99. The number of aliphatic hydroxyl groups is 3. The topological polar surface area (TPSA) is 116 Å². The molecular formula is C9H12O7. The number of ether oxygens (including phenoxy) is 2. The molecular weight excluding hydrogens is 220 g/mol. The number of aliphatic hydroxyl groups excluding tert-OH is 3. The molecule has 5 atom stereocenters. The van der Waals surface area contributed by atoms with Crippen LogP contribution >= 0.6 is 0 Å². The fourth-order valence-electron chi connectivity index (χ4n) is 1.32. The molecule has 1 unspecified atom stereocenters. The minimum absolute atomic E-state index is 0.211. The van der Waals surface area contributed by atoms with Gasteiger partial charge in [0.25, 0.3) is 0 Å². The van der Waals surface area contributed by atoms with Gasteiger partial charge in [-0.2, -0.15) is 0 Å². The van der Waals surface area contributed by atoms with Crippen molar-refractivity contribution in [2.24, 2.45) is 0 Å². The van der Waals surface area contributed by atoms with Gasteiger partial charge in [-0.05, 0) is 0 Å². The number of carboxylic acid groups (broad SMARTS) is 1. The van der Waals surface area contributed by atoms with E-state index < -0.39 is 36.7 Å². The number of carbonyl (C=O) groups is 1. The molecule has 1 aliphatic heterocycles. The second-order valence-corrected chi connectivity index (χ2v) is 3.25. The van der Waals surface area contributed by atoms with Crippen LogP contribution < -0.4 is 0 Å². The van der Waals surface area contributed by atoms with Crippen LogP contribution in [0.4, 0.5) is 0 Å². The average molecular weight is 232 g/mol.